The number of carbonyl (C=O) groups is 7. The fourth-order valence-corrected chi connectivity index (χ4v) is 22.5. The molecule has 6 unspecified atom stereocenters. The predicted molar refractivity (Wildman–Crippen MR) is 553 cm³/mol. The van der Waals surface area contributed by atoms with Gasteiger partial charge in [-0.15, -0.1) is 69.2 Å². The van der Waals surface area contributed by atoms with Crippen molar-refractivity contribution in [3.05, 3.63) is 119 Å². The summed E-state index contributed by atoms with van der Waals surface area (Å²) in [6.07, 6.45) is -1.16. The Morgan fingerprint density at radius 2 is 0.910 bits per heavy atom. The van der Waals surface area contributed by atoms with Crippen molar-refractivity contribution in [1.29, 1.82) is 10.5 Å². The van der Waals surface area contributed by atoms with Crippen LogP contribution in [-0.4, -0.2) is 287 Å². The molecule has 8 fully saturated rings. The maximum Gasteiger partial charge on any atom is 0.303 e. The Morgan fingerprint density at radius 1 is 0.493 bits per heavy atom. The summed E-state index contributed by atoms with van der Waals surface area (Å²) in [5, 5.41) is 67.9. The second-order valence-electron chi connectivity index (χ2n) is 31.8. The van der Waals surface area contributed by atoms with Crippen molar-refractivity contribution in [3.63, 3.8) is 0 Å². The van der Waals surface area contributed by atoms with Gasteiger partial charge in [0, 0.05) is 130 Å². The number of nitrogens with zero attached hydrogens (tertiary/aromatic N) is 11. The van der Waals surface area contributed by atoms with E-state index in [-0.39, 0.29) is 198 Å². The molecule has 2 amide bonds. The van der Waals surface area contributed by atoms with E-state index < -0.39 is 97.5 Å². The summed E-state index contributed by atoms with van der Waals surface area (Å²) in [6.45, 7) is 21.2. The minimum atomic E-state index is -3.48. The lowest BCUT2D eigenvalue weighted by molar-refractivity contribution is -0.177. The SMILES string of the molecule is Br.Br.C.C.C.C.C.C.C.C.C.C.C.CC(=O)O[C@@H](C(=O)CCC1CCN(c2ccc(F)cc2C#N)CC1)[C@@H](OC(C)=O)C(=O)N1CC2N=C(C)SC2C1.CC1=NC2CN(C(=O)[C@H](O)[C@@H](O)C(=O)CCC3CCN(c4ccc(F)cc4C#N)CC3)CC2S1.CC1=NC2CNCC2S1.Cc1ccc(S(=O)(=O)N2CCC(=O)C2)cc1.Cc1ccc(S(=O)(=O)N2CC[C@@H](O)C2)cc1.O[C@@H]1CCNC1. The Balaban J connectivity index is -0.000000808. The molecule has 12 atom stereocenters. The molecular weight excluding hydrogens is 1950 g/mol. The van der Waals surface area contributed by atoms with Gasteiger partial charge in [0.15, 0.2) is 17.7 Å². The lowest BCUT2D eigenvalue weighted by Gasteiger charge is -2.34. The molecule has 8 saturated heterocycles. The van der Waals surface area contributed by atoms with Crippen LogP contribution < -0.4 is 20.4 Å². The van der Waals surface area contributed by atoms with Gasteiger partial charge in [-0.05, 0) is 165 Å². The second kappa shape index (κ2) is 62.0. The highest BCUT2D eigenvalue weighted by molar-refractivity contribution is 8.93. The van der Waals surface area contributed by atoms with Crippen LogP contribution in [0.1, 0.15) is 209 Å². The quantitative estimate of drug-likeness (QED) is 0.0448. The van der Waals surface area contributed by atoms with Crippen LogP contribution in [0.4, 0.5) is 20.2 Å². The van der Waals surface area contributed by atoms with Crippen LogP contribution in [0.5, 0.6) is 0 Å². The van der Waals surface area contributed by atoms with Crippen LogP contribution in [-0.2, 0) is 63.1 Å². The average molecular weight is 2110 g/mol. The Kier molecular flexibility index (Phi) is 61.6. The number of hydrogen-bond acceptors (Lipinski definition) is 29. The third kappa shape index (κ3) is 36.9. The minimum Gasteiger partial charge on any atom is -0.450 e. The maximum absolute atomic E-state index is 13.5. The summed E-state index contributed by atoms with van der Waals surface area (Å²) in [5.74, 6) is -4.19. The number of likely N-dealkylation sites (tertiary alicyclic amines) is 2. The van der Waals surface area contributed by atoms with Crippen molar-refractivity contribution in [2.24, 2.45) is 26.8 Å². The molecule has 11 aliphatic heterocycles. The van der Waals surface area contributed by atoms with E-state index in [1.165, 1.54) is 47.7 Å². The molecule has 11 aliphatic rings. The highest BCUT2D eigenvalue weighted by Gasteiger charge is 2.48. The Bertz CT molecular complexity index is 4790. The zero-order chi connectivity index (χ0) is 87.6. The number of aliphatic imine (C=N–C) groups is 3. The number of hydrogen-bond donors (Lipinski definition) is 6. The first-order valence-corrected chi connectivity index (χ1v) is 46.4. The summed E-state index contributed by atoms with van der Waals surface area (Å²) in [4.78, 5) is 108. The molecule has 11 heterocycles. The monoisotopic (exact) mass is 2110 g/mol. The minimum absolute atomic E-state index is 0. The van der Waals surface area contributed by atoms with E-state index in [4.69, 9.17) is 14.6 Å². The summed E-state index contributed by atoms with van der Waals surface area (Å²) in [5.41, 5.74) is 4.01. The van der Waals surface area contributed by atoms with Crippen molar-refractivity contribution in [1.82, 2.24) is 29.0 Å². The number of sulfonamides is 2. The highest BCUT2D eigenvalue weighted by Crippen LogP contribution is 2.37. The smallest absolute Gasteiger partial charge is 0.303 e. The van der Waals surface area contributed by atoms with Crippen molar-refractivity contribution in [2.45, 2.75) is 281 Å². The van der Waals surface area contributed by atoms with E-state index in [1.54, 1.807) is 84.2 Å². The van der Waals surface area contributed by atoms with Gasteiger partial charge in [-0.2, -0.15) is 19.1 Å². The van der Waals surface area contributed by atoms with E-state index >= 15 is 0 Å². The van der Waals surface area contributed by atoms with Crippen LogP contribution in [0.25, 0.3) is 0 Å². The third-order valence-corrected chi connectivity index (χ3v) is 30.1. The van der Waals surface area contributed by atoms with Crippen LogP contribution in [0, 0.1) is 60.0 Å². The molecule has 0 bridgehead atoms. The van der Waals surface area contributed by atoms with Crippen LogP contribution in [0.2, 0.25) is 0 Å². The number of benzene rings is 4. The molecule has 39 heteroatoms. The molecule has 6 N–H and O–H groups in total. The number of aliphatic hydroxyl groups is 4. The Morgan fingerprint density at radius 3 is 1.28 bits per heavy atom. The van der Waals surface area contributed by atoms with Gasteiger partial charge in [0.2, 0.25) is 32.3 Å². The van der Waals surface area contributed by atoms with Crippen LogP contribution in [0.15, 0.2) is 110 Å². The normalized spacial score (nSPS) is 21.9. The summed E-state index contributed by atoms with van der Waals surface area (Å²) in [6, 6.07) is 26.4. The lowest BCUT2D eigenvalue weighted by Crippen LogP contribution is -2.51. The zero-order valence-corrected chi connectivity index (χ0v) is 77.4. The fraction of sp³-hybridized carbons (Fsp3) is 0.621. The number of aryl methyl sites for hydroxylation is 2. The number of ether oxygens (including phenoxy) is 2. The summed E-state index contributed by atoms with van der Waals surface area (Å²) >= 11 is 5.14. The number of aliphatic hydroxyl groups excluding tert-OH is 4. The number of Topliss-reactive ketones (excluding diaryl/α,β-unsaturated/α-hetero) is 3. The fourth-order valence-electron chi connectivity index (χ4n) is 16.0. The zero-order valence-electron chi connectivity index (χ0n) is 69.9. The topological polar surface area (TPSA) is 415 Å². The van der Waals surface area contributed by atoms with E-state index in [1.807, 2.05) is 61.4 Å². The second-order valence-corrected chi connectivity index (χ2v) is 40.0. The maximum atomic E-state index is 13.5. The number of rotatable bonds is 20. The van der Waals surface area contributed by atoms with Crippen molar-refractivity contribution < 1.29 is 89.1 Å². The molecule has 4 aromatic carbocycles. The summed E-state index contributed by atoms with van der Waals surface area (Å²) in [7, 11) is -6.89. The lowest BCUT2D eigenvalue weighted by atomic mass is 9.89. The van der Waals surface area contributed by atoms with Gasteiger partial charge in [-0.25, -0.2) is 25.6 Å². The van der Waals surface area contributed by atoms with Gasteiger partial charge >= 0.3 is 11.9 Å². The number of β-amino-alcohol motifs (C(OH)–C–C–N with tert-alkyl or cyclic N) is 2. The first kappa shape index (κ1) is 133. The molecule has 4 aromatic rings. The molecule has 760 valence electrons. The molecule has 0 aliphatic carbocycles. The summed E-state index contributed by atoms with van der Waals surface area (Å²) < 4.78 is 88.4. The van der Waals surface area contributed by atoms with Crippen molar-refractivity contribution >= 4 is 157 Å². The number of ketones is 3. The van der Waals surface area contributed by atoms with Gasteiger partial charge in [0.1, 0.15) is 35.7 Å². The molecule has 30 nitrogen and oxygen atoms in total. The first-order chi connectivity index (χ1) is 57.6. The van der Waals surface area contributed by atoms with Gasteiger partial charge in [0.05, 0.1) is 94.8 Å². The van der Waals surface area contributed by atoms with E-state index in [0.29, 0.717) is 119 Å². The first-order valence-electron chi connectivity index (χ1n) is 40.9. The molecule has 134 heavy (non-hydrogen) atoms. The van der Waals surface area contributed by atoms with Crippen LogP contribution in [0.3, 0.4) is 0 Å². The third-order valence-electron chi connectivity index (χ3n) is 22.7. The number of carbonyl (C=O) groups excluding carboxylic acids is 7. The molecule has 0 radical (unpaired) electrons. The number of esters is 2. The molecule has 0 saturated carbocycles. The Labute approximate surface area is 832 Å². The number of piperidine rings is 2. The molecule has 0 aromatic heterocycles. The number of nitrogens with one attached hydrogen (secondary N) is 2. The van der Waals surface area contributed by atoms with Crippen LogP contribution >= 0.6 is 69.2 Å². The van der Waals surface area contributed by atoms with Gasteiger partial charge in [-0.1, -0.05) is 117 Å². The standard InChI is InChI=1S/C28H33FN4O6S.C24H29FN4O4S.C11H15NO3S.C11H13NO3S.C6H10N2S.C4H9NO.11CH4.2BrH/c1-16-31-22-14-33(15-25(22)40-16)28(37)27(39-18(3)35)26(38-17(2)34)24(36)7-4-19-8-10-32(11-9-19)23-6-5-21(29)12-20(23)13-30;1-14-27-18-12-29(13-21(18)34-14)24(33)23(32)22(31)20(30)5-2-15-6-8-28(9-7-15)19-4-3-17(25)10-16(19)11-26;2*1-9-2-4-11(5-3-9)16(14,15)12-7-6-10(13)8-12;1-4-8-5-2-7-3-6(5)9-4;6-4-1-2-5-3-4;;;;;;;;;;;;;/h5-6,12,19,22,25-27H,4,7-11,14-15H2,1-3H3;3-4,10,15,18,21-23,31-32H,2,5-9,12-13H2,1H3;2-5,10,13H,6-8H2,1H3;2-5H,6-8H2,1H3;5-7H,2-3H2,1H3;4-6H,1-3H2;11*1H4;2*1H/t22?,25?,26-,27+;18?,21?,22-,23+;10-;;;4-;;;;;;;;;;;;;/m001..1............./s1. The Hall–Kier alpha value is -7.19. The van der Waals surface area contributed by atoms with Crippen molar-refractivity contribution in [2.75, 3.05) is 115 Å². The van der Waals surface area contributed by atoms with Gasteiger partial charge < -0.3 is 60.1 Å². The van der Waals surface area contributed by atoms with Crippen molar-refractivity contribution in [3.8, 4) is 12.1 Å². The largest absolute Gasteiger partial charge is 0.450 e. The number of fused-ring (bicyclic) bond motifs is 3. The highest BCUT2D eigenvalue weighted by atomic mass is 79.9. The van der Waals surface area contributed by atoms with E-state index in [2.05, 4.69) is 32.5 Å². The number of anilines is 2. The number of thioether (sulfide) groups is 3. The average Bonchev–Trinajstić information content (AvgIpc) is 1.66. The van der Waals surface area contributed by atoms with E-state index in [0.717, 1.165) is 98.6 Å². The predicted octanol–water partition coefficient (Wildman–Crippen LogP) is 14.3. The van der Waals surface area contributed by atoms with Gasteiger partial charge in [0.25, 0.3) is 11.8 Å². The molecule has 0 spiro atoms. The van der Waals surface area contributed by atoms with E-state index in [9.17, 15) is 85.0 Å². The molecular formula is C95H155Br2F2N13O17S5. The number of amides is 2. The molecule has 15 rings (SSSR count). The van der Waals surface area contributed by atoms with Gasteiger partial charge in [-0.3, -0.25) is 48.5 Å². The number of nitriles is 2. The number of halogens is 4.